The van der Waals surface area contributed by atoms with Crippen molar-refractivity contribution in [2.24, 2.45) is 7.05 Å². The van der Waals surface area contributed by atoms with E-state index in [-0.39, 0.29) is 11.7 Å². The minimum absolute atomic E-state index is 0.0553. The van der Waals surface area contributed by atoms with Gasteiger partial charge in [-0.1, -0.05) is 72.4 Å². The molecule has 1 aromatic heterocycles. The van der Waals surface area contributed by atoms with Crippen LogP contribution in [0.5, 0.6) is 5.75 Å². The minimum Gasteiger partial charge on any atom is -0.492 e. The highest BCUT2D eigenvalue weighted by Crippen LogP contribution is 2.22. The normalized spacial score (nSPS) is 10.9. The predicted octanol–water partition coefficient (Wildman–Crippen LogP) is 3.85. The summed E-state index contributed by atoms with van der Waals surface area (Å²) < 4.78 is 7.54. The first-order valence-electron chi connectivity index (χ1n) is 10.1. The summed E-state index contributed by atoms with van der Waals surface area (Å²) in [6.07, 6.45) is 0.689. The number of carbonyl (C=O) groups is 1. The molecule has 1 amide bonds. The predicted molar refractivity (Wildman–Crippen MR) is 123 cm³/mol. The van der Waals surface area contributed by atoms with Gasteiger partial charge in [-0.2, -0.15) is 0 Å². The van der Waals surface area contributed by atoms with Gasteiger partial charge in [0.2, 0.25) is 5.91 Å². The maximum atomic E-state index is 12.1. The zero-order chi connectivity index (χ0) is 21.5. The van der Waals surface area contributed by atoms with E-state index in [0.717, 1.165) is 16.7 Å². The highest BCUT2D eigenvalue weighted by molar-refractivity contribution is 7.99. The van der Waals surface area contributed by atoms with Crippen molar-refractivity contribution in [1.82, 2.24) is 20.1 Å². The zero-order valence-electron chi connectivity index (χ0n) is 17.3. The van der Waals surface area contributed by atoms with Crippen LogP contribution in [0.4, 0.5) is 0 Å². The van der Waals surface area contributed by atoms with Crippen molar-refractivity contribution in [3.63, 3.8) is 0 Å². The first-order valence-corrected chi connectivity index (χ1v) is 11.1. The van der Waals surface area contributed by atoms with Crippen LogP contribution in [-0.2, 0) is 18.3 Å². The molecule has 3 aromatic carbocycles. The van der Waals surface area contributed by atoms with E-state index < -0.39 is 0 Å². The Bertz CT molecular complexity index is 1160. The molecule has 0 unspecified atom stereocenters. The van der Waals surface area contributed by atoms with Gasteiger partial charge in [0.25, 0.3) is 0 Å². The lowest BCUT2D eigenvalue weighted by molar-refractivity contribution is -0.118. The molecule has 1 heterocycles. The van der Waals surface area contributed by atoms with Gasteiger partial charge >= 0.3 is 0 Å². The number of thioether (sulfide) groups is 1. The first-order chi connectivity index (χ1) is 15.2. The van der Waals surface area contributed by atoms with Crippen LogP contribution in [0.3, 0.4) is 0 Å². The maximum absolute atomic E-state index is 12.1. The molecule has 0 saturated heterocycles. The van der Waals surface area contributed by atoms with E-state index in [1.54, 1.807) is 0 Å². The summed E-state index contributed by atoms with van der Waals surface area (Å²) in [5.41, 5.74) is 1.21. The number of rotatable bonds is 9. The average molecular weight is 433 g/mol. The smallest absolute Gasteiger partial charge is 0.230 e. The largest absolute Gasteiger partial charge is 0.492 e. The van der Waals surface area contributed by atoms with E-state index in [0.29, 0.717) is 19.6 Å². The van der Waals surface area contributed by atoms with Crippen molar-refractivity contribution in [1.29, 1.82) is 0 Å². The van der Waals surface area contributed by atoms with Gasteiger partial charge in [-0.25, -0.2) is 0 Å². The van der Waals surface area contributed by atoms with E-state index in [9.17, 15) is 4.79 Å². The average Bonchev–Trinajstić information content (AvgIpc) is 3.15. The molecule has 0 saturated carbocycles. The van der Waals surface area contributed by atoms with Crippen molar-refractivity contribution in [3.8, 4) is 5.75 Å². The number of nitrogens with one attached hydrogen (secondary N) is 1. The van der Waals surface area contributed by atoms with Crippen LogP contribution in [0.25, 0.3) is 10.8 Å². The second-order valence-electron chi connectivity index (χ2n) is 7.07. The summed E-state index contributed by atoms with van der Waals surface area (Å²) >= 11 is 1.38. The third-order valence-corrected chi connectivity index (χ3v) is 5.94. The third-order valence-electron chi connectivity index (χ3n) is 4.92. The van der Waals surface area contributed by atoms with Gasteiger partial charge in [0.15, 0.2) is 5.16 Å². The van der Waals surface area contributed by atoms with Crippen LogP contribution < -0.4 is 10.1 Å². The fraction of sp³-hybridized carbons (Fsp3) is 0.208. The number of hydrogen-bond donors (Lipinski definition) is 1. The molecular formula is C24H24N4O2S. The van der Waals surface area contributed by atoms with Crippen molar-refractivity contribution >= 4 is 28.4 Å². The van der Waals surface area contributed by atoms with E-state index in [2.05, 4.69) is 45.8 Å². The van der Waals surface area contributed by atoms with Crippen molar-refractivity contribution < 1.29 is 9.53 Å². The SMILES string of the molecule is Cn1c(Cc2cccc3ccccc23)nnc1SCC(=O)NCCOc1ccccc1. The molecule has 1 N–H and O–H groups in total. The Balaban J connectivity index is 1.28. The van der Waals surface area contributed by atoms with E-state index in [4.69, 9.17) is 4.74 Å². The number of fused-ring (bicyclic) bond motifs is 1. The highest BCUT2D eigenvalue weighted by Gasteiger charge is 2.13. The Labute approximate surface area is 185 Å². The Kier molecular flexibility index (Phi) is 6.84. The number of carbonyl (C=O) groups excluding carboxylic acids is 1. The second kappa shape index (κ2) is 10.1. The summed E-state index contributed by atoms with van der Waals surface area (Å²) in [6, 6.07) is 24.2. The lowest BCUT2D eigenvalue weighted by atomic mass is 10.0. The zero-order valence-corrected chi connectivity index (χ0v) is 18.1. The number of benzene rings is 3. The number of ether oxygens (including phenoxy) is 1. The Morgan fingerprint density at radius 1 is 1.00 bits per heavy atom. The summed E-state index contributed by atoms with van der Waals surface area (Å²) in [5, 5.41) is 14.6. The molecule has 158 valence electrons. The number of aromatic nitrogens is 3. The minimum atomic E-state index is -0.0553. The van der Waals surface area contributed by atoms with Crippen LogP contribution in [0.2, 0.25) is 0 Å². The summed E-state index contributed by atoms with van der Waals surface area (Å²) in [6.45, 7) is 0.888. The molecule has 4 rings (SSSR count). The summed E-state index contributed by atoms with van der Waals surface area (Å²) in [4.78, 5) is 12.1. The van der Waals surface area contributed by atoms with Gasteiger partial charge in [0.1, 0.15) is 18.2 Å². The van der Waals surface area contributed by atoms with Gasteiger partial charge < -0.3 is 14.6 Å². The first kappa shape index (κ1) is 20.9. The van der Waals surface area contributed by atoms with Crippen molar-refractivity contribution in [3.05, 3.63) is 84.2 Å². The molecule has 0 spiro atoms. The molecule has 6 nitrogen and oxygen atoms in total. The Morgan fingerprint density at radius 3 is 2.65 bits per heavy atom. The quantitative estimate of drug-likeness (QED) is 0.321. The van der Waals surface area contributed by atoms with E-state index in [1.165, 1.54) is 28.1 Å². The second-order valence-corrected chi connectivity index (χ2v) is 8.02. The molecule has 0 aliphatic rings. The molecule has 0 aliphatic carbocycles. The van der Waals surface area contributed by atoms with E-state index in [1.807, 2.05) is 54.1 Å². The number of amides is 1. The van der Waals surface area contributed by atoms with Crippen molar-refractivity contribution in [2.75, 3.05) is 18.9 Å². The van der Waals surface area contributed by atoms with Crippen LogP contribution in [0.1, 0.15) is 11.4 Å². The topological polar surface area (TPSA) is 69.0 Å². The summed E-state index contributed by atoms with van der Waals surface area (Å²) in [7, 11) is 1.94. The molecule has 0 aliphatic heterocycles. The molecule has 7 heteroatoms. The van der Waals surface area contributed by atoms with Crippen LogP contribution in [-0.4, -0.2) is 39.6 Å². The van der Waals surface area contributed by atoms with Gasteiger partial charge in [0.05, 0.1) is 12.3 Å². The molecule has 4 aromatic rings. The number of para-hydroxylation sites is 1. The van der Waals surface area contributed by atoms with Crippen LogP contribution >= 0.6 is 11.8 Å². The highest BCUT2D eigenvalue weighted by atomic mass is 32.2. The summed E-state index contributed by atoms with van der Waals surface area (Å²) in [5.74, 6) is 1.89. The van der Waals surface area contributed by atoms with Gasteiger partial charge in [-0.05, 0) is 28.5 Å². The fourth-order valence-corrected chi connectivity index (χ4v) is 4.06. The van der Waals surface area contributed by atoms with Gasteiger partial charge in [-0.3, -0.25) is 4.79 Å². The lowest BCUT2D eigenvalue weighted by Crippen LogP contribution is -2.29. The molecule has 0 atom stereocenters. The fourth-order valence-electron chi connectivity index (χ4n) is 3.30. The molecular weight excluding hydrogens is 408 g/mol. The standard InChI is InChI=1S/C24H24N4O2S/c1-28-22(16-19-10-7-9-18-8-5-6-13-21(18)19)26-27-24(28)31-17-23(29)25-14-15-30-20-11-3-2-4-12-20/h2-13H,14-17H2,1H3,(H,25,29). The third kappa shape index (κ3) is 5.44. The van der Waals surface area contributed by atoms with Crippen LogP contribution in [0.15, 0.2) is 78.0 Å². The lowest BCUT2D eigenvalue weighted by Gasteiger charge is -2.08. The number of hydrogen-bond acceptors (Lipinski definition) is 5. The van der Waals surface area contributed by atoms with Gasteiger partial charge in [-0.15, -0.1) is 10.2 Å². The Hall–Kier alpha value is -3.32. The molecule has 0 fully saturated rings. The number of nitrogens with zero attached hydrogens (tertiary/aromatic N) is 3. The Morgan fingerprint density at radius 2 is 1.77 bits per heavy atom. The van der Waals surface area contributed by atoms with Crippen LogP contribution in [0, 0.1) is 0 Å². The molecule has 0 radical (unpaired) electrons. The van der Waals surface area contributed by atoms with E-state index >= 15 is 0 Å². The molecule has 31 heavy (non-hydrogen) atoms. The van der Waals surface area contributed by atoms with Gasteiger partial charge in [0, 0.05) is 13.5 Å². The monoisotopic (exact) mass is 432 g/mol. The molecule has 0 bridgehead atoms. The maximum Gasteiger partial charge on any atom is 0.230 e. The van der Waals surface area contributed by atoms with Crippen molar-refractivity contribution in [2.45, 2.75) is 11.6 Å².